The van der Waals surface area contributed by atoms with Crippen molar-refractivity contribution in [1.29, 1.82) is 0 Å². The van der Waals surface area contributed by atoms with E-state index in [9.17, 15) is 18.1 Å². The Morgan fingerprint density at radius 2 is 2.04 bits per heavy atom. The van der Waals surface area contributed by atoms with E-state index in [0.717, 1.165) is 18.4 Å². The third-order valence-electron chi connectivity index (χ3n) is 3.72. The van der Waals surface area contributed by atoms with Crippen LogP contribution in [0.4, 0.5) is 8.78 Å². The van der Waals surface area contributed by atoms with Gasteiger partial charge in [0.1, 0.15) is 16.6 Å². The SMILES string of the molecule is CC(C)(C)[S+]([O-])N[C@@H](c1cc(C2CC2)ccc1F)[C@@H](F)C(=O)O. The number of carboxylic acid groups (broad SMARTS) is 1. The number of hydrogen-bond donors (Lipinski definition) is 2. The maximum atomic E-state index is 14.2. The van der Waals surface area contributed by atoms with Gasteiger partial charge in [-0.05, 0) is 51.2 Å². The van der Waals surface area contributed by atoms with Crippen molar-refractivity contribution in [1.82, 2.24) is 4.72 Å². The topological polar surface area (TPSA) is 72.4 Å². The zero-order valence-corrected chi connectivity index (χ0v) is 14.1. The molecule has 0 aromatic heterocycles. The van der Waals surface area contributed by atoms with Crippen molar-refractivity contribution in [2.24, 2.45) is 0 Å². The fourth-order valence-corrected chi connectivity index (χ4v) is 3.02. The monoisotopic (exact) mass is 345 g/mol. The molecule has 0 saturated heterocycles. The summed E-state index contributed by atoms with van der Waals surface area (Å²) in [5, 5.41) is 8.97. The lowest BCUT2D eigenvalue weighted by atomic mass is 9.98. The molecule has 0 radical (unpaired) electrons. The molecule has 0 amide bonds. The number of alkyl halides is 1. The van der Waals surface area contributed by atoms with Gasteiger partial charge < -0.3 is 9.66 Å². The van der Waals surface area contributed by atoms with Crippen molar-refractivity contribution in [3.63, 3.8) is 0 Å². The van der Waals surface area contributed by atoms with Crippen molar-refractivity contribution in [3.05, 3.63) is 35.1 Å². The van der Waals surface area contributed by atoms with Gasteiger partial charge in [0, 0.05) is 16.9 Å². The lowest BCUT2D eigenvalue weighted by Crippen LogP contribution is -2.45. The van der Waals surface area contributed by atoms with Gasteiger partial charge in [0.15, 0.2) is 0 Å². The fraction of sp³-hybridized carbons (Fsp3) is 0.562. The normalized spacial score (nSPS) is 19.2. The molecule has 4 nitrogen and oxygen atoms in total. The van der Waals surface area contributed by atoms with Gasteiger partial charge in [0.05, 0.1) is 0 Å². The molecule has 1 aliphatic rings. The first kappa shape index (κ1) is 18.2. The van der Waals surface area contributed by atoms with Gasteiger partial charge in [-0.15, -0.1) is 4.72 Å². The number of carbonyl (C=O) groups is 1. The van der Waals surface area contributed by atoms with Crippen LogP contribution < -0.4 is 4.72 Å². The van der Waals surface area contributed by atoms with E-state index < -0.39 is 40.1 Å². The molecule has 0 bridgehead atoms. The molecule has 0 spiro atoms. The molecule has 1 aromatic carbocycles. The van der Waals surface area contributed by atoms with Crippen LogP contribution in [0.25, 0.3) is 0 Å². The summed E-state index contributed by atoms with van der Waals surface area (Å²) in [7, 11) is 0. The van der Waals surface area contributed by atoms with Gasteiger partial charge >= 0.3 is 5.97 Å². The first-order valence-corrected chi connectivity index (χ1v) is 8.60. The highest BCUT2D eigenvalue weighted by molar-refractivity contribution is 7.90. The predicted octanol–water partition coefficient (Wildman–Crippen LogP) is 3.22. The highest BCUT2D eigenvalue weighted by atomic mass is 32.2. The standard InChI is InChI=1S/C16H21F2NO3S/c1-16(2,3)23(22)19-14(13(18)15(20)21)11-8-10(9-4-5-9)6-7-12(11)17/h6-9,13-14,19H,4-5H2,1-3H3,(H,20,21)/t13-,14+,23?/m1/s1. The van der Waals surface area contributed by atoms with E-state index in [4.69, 9.17) is 5.11 Å². The molecule has 7 heteroatoms. The Balaban J connectivity index is 2.36. The number of halogens is 2. The number of nitrogens with one attached hydrogen (secondary N) is 1. The van der Waals surface area contributed by atoms with Crippen molar-refractivity contribution in [2.45, 2.75) is 56.5 Å². The number of benzene rings is 1. The van der Waals surface area contributed by atoms with Crippen molar-refractivity contribution in [2.75, 3.05) is 0 Å². The van der Waals surface area contributed by atoms with Crippen LogP contribution in [0.1, 0.15) is 56.7 Å². The summed E-state index contributed by atoms with van der Waals surface area (Å²) in [4.78, 5) is 11.1. The number of aliphatic carboxylic acids is 1. The van der Waals surface area contributed by atoms with E-state index >= 15 is 0 Å². The van der Waals surface area contributed by atoms with E-state index in [1.54, 1.807) is 26.8 Å². The minimum Gasteiger partial charge on any atom is -0.598 e. The summed E-state index contributed by atoms with van der Waals surface area (Å²) in [6.07, 6.45) is -0.435. The molecule has 1 fully saturated rings. The maximum Gasteiger partial charge on any atom is 0.340 e. The largest absolute Gasteiger partial charge is 0.598 e. The summed E-state index contributed by atoms with van der Waals surface area (Å²) in [5.74, 6) is -2.11. The Morgan fingerprint density at radius 1 is 1.43 bits per heavy atom. The summed E-state index contributed by atoms with van der Waals surface area (Å²) < 4.78 is 42.3. The van der Waals surface area contributed by atoms with Crippen molar-refractivity contribution in [3.8, 4) is 0 Å². The number of rotatable bonds is 6. The Bertz CT molecular complexity index is 587. The zero-order chi connectivity index (χ0) is 17.4. The van der Waals surface area contributed by atoms with Gasteiger partial charge in [0.25, 0.3) is 0 Å². The number of carboxylic acids is 1. The molecule has 23 heavy (non-hydrogen) atoms. The molecule has 1 saturated carbocycles. The molecule has 2 rings (SSSR count). The van der Waals surface area contributed by atoms with E-state index in [1.165, 1.54) is 12.1 Å². The average Bonchev–Trinajstić information content (AvgIpc) is 3.28. The summed E-state index contributed by atoms with van der Waals surface area (Å²) >= 11 is -1.73. The van der Waals surface area contributed by atoms with Crippen LogP contribution in [0.5, 0.6) is 0 Å². The van der Waals surface area contributed by atoms with Gasteiger partial charge in [0.2, 0.25) is 6.17 Å². The van der Waals surface area contributed by atoms with Gasteiger partial charge in [-0.2, -0.15) is 0 Å². The molecule has 128 valence electrons. The molecule has 3 atom stereocenters. The molecule has 1 aliphatic carbocycles. The second kappa shape index (κ2) is 6.75. The second-order valence-corrected chi connectivity index (χ2v) is 8.77. The van der Waals surface area contributed by atoms with Crippen LogP contribution in [0.2, 0.25) is 0 Å². The fourth-order valence-electron chi connectivity index (χ4n) is 2.19. The van der Waals surface area contributed by atoms with E-state index in [-0.39, 0.29) is 5.56 Å². The smallest absolute Gasteiger partial charge is 0.340 e. The van der Waals surface area contributed by atoms with E-state index in [1.807, 2.05) is 0 Å². The van der Waals surface area contributed by atoms with Gasteiger partial charge in [-0.25, -0.2) is 13.6 Å². The van der Waals surface area contributed by atoms with Gasteiger partial charge in [-0.3, -0.25) is 0 Å². The second-order valence-electron chi connectivity index (χ2n) is 6.77. The summed E-state index contributed by atoms with van der Waals surface area (Å²) in [5.41, 5.74) is 0.759. The third kappa shape index (κ3) is 4.43. The molecular formula is C16H21F2NO3S. The highest BCUT2D eigenvalue weighted by Gasteiger charge is 2.39. The van der Waals surface area contributed by atoms with Crippen LogP contribution in [-0.4, -0.2) is 26.5 Å². The highest BCUT2D eigenvalue weighted by Crippen LogP contribution is 2.41. The molecular weight excluding hydrogens is 324 g/mol. The van der Waals surface area contributed by atoms with E-state index in [2.05, 4.69) is 4.72 Å². The summed E-state index contributed by atoms with van der Waals surface area (Å²) in [6, 6.07) is 2.82. The predicted molar refractivity (Wildman–Crippen MR) is 84.7 cm³/mol. The zero-order valence-electron chi connectivity index (χ0n) is 13.3. The number of hydrogen-bond acceptors (Lipinski definition) is 3. The Kier molecular flexibility index (Phi) is 5.33. The molecule has 0 heterocycles. The Morgan fingerprint density at radius 3 is 2.52 bits per heavy atom. The first-order chi connectivity index (χ1) is 10.6. The van der Waals surface area contributed by atoms with Crippen molar-refractivity contribution >= 4 is 17.3 Å². The summed E-state index contributed by atoms with van der Waals surface area (Å²) in [6.45, 7) is 4.99. The van der Waals surface area contributed by atoms with Gasteiger partial charge in [-0.1, -0.05) is 12.1 Å². The minimum atomic E-state index is -2.40. The minimum absolute atomic E-state index is 0.0955. The first-order valence-electron chi connectivity index (χ1n) is 7.45. The van der Waals surface area contributed by atoms with Crippen LogP contribution in [0, 0.1) is 5.82 Å². The maximum absolute atomic E-state index is 14.2. The molecule has 2 N–H and O–H groups in total. The lowest BCUT2D eigenvalue weighted by molar-refractivity contribution is -0.143. The van der Waals surface area contributed by atoms with Crippen LogP contribution in [0.15, 0.2) is 18.2 Å². The Hall–Kier alpha value is -1.18. The van der Waals surface area contributed by atoms with E-state index in [0.29, 0.717) is 5.92 Å². The van der Waals surface area contributed by atoms with Crippen LogP contribution in [0.3, 0.4) is 0 Å². The molecule has 1 unspecified atom stereocenters. The molecule has 0 aliphatic heterocycles. The third-order valence-corrected chi connectivity index (χ3v) is 5.30. The van der Waals surface area contributed by atoms with Crippen molar-refractivity contribution < 1.29 is 23.2 Å². The molecule has 1 aromatic rings. The Labute approximate surface area is 137 Å². The van der Waals surface area contributed by atoms with Crippen LogP contribution in [-0.2, 0) is 16.2 Å². The lowest BCUT2D eigenvalue weighted by Gasteiger charge is -2.29. The quantitative estimate of drug-likeness (QED) is 0.777. The van der Waals surface area contributed by atoms with Crippen LogP contribution >= 0.6 is 0 Å². The average molecular weight is 345 g/mol.